The first kappa shape index (κ1) is 34.0. The lowest BCUT2D eigenvalue weighted by atomic mass is 10.0. The Bertz CT molecular complexity index is 1710. The summed E-state index contributed by atoms with van der Waals surface area (Å²) in [6.45, 7) is 3.01. The second-order valence-corrected chi connectivity index (χ2v) is 13.2. The average Bonchev–Trinajstić information content (AvgIpc) is 3.04. The summed E-state index contributed by atoms with van der Waals surface area (Å²) in [4.78, 5) is 29.6. The fourth-order valence-corrected chi connectivity index (χ4v) is 6.59. The Morgan fingerprint density at radius 1 is 0.844 bits per heavy atom. The first-order valence-electron chi connectivity index (χ1n) is 14.4. The summed E-state index contributed by atoms with van der Waals surface area (Å²) in [5.41, 5.74) is 1.36. The van der Waals surface area contributed by atoms with Gasteiger partial charge in [0.15, 0.2) is 0 Å². The van der Waals surface area contributed by atoms with Crippen LogP contribution in [-0.2, 0) is 32.6 Å². The predicted molar refractivity (Wildman–Crippen MR) is 176 cm³/mol. The number of carbonyl (C=O) groups is 2. The largest absolute Gasteiger partial charge is 0.352 e. The highest BCUT2D eigenvalue weighted by atomic mass is 35.5. The van der Waals surface area contributed by atoms with Crippen LogP contribution in [0.1, 0.15) is 31.4 Å². The third-order valence-electron chi connectivity index (χ3n) is 7.35. The highest BCUT2D eigenvalue weighted by molar-refractivity contribution is 7.92. The molecule has 0 aromatic heterocycles. The Kier molecular flexibility index (Phi) is 11.6. The molecule has 2 atom stereocenters. The van der Waals surface area contributed by atoms with Crippen LogP contribution in [0.3, 0.4) is 0 Å². The van der Waals surface area contributed by atoms with Crippen molar-refractivity contribution in [1.82, 2.24) is 10.2 Å². The van der Waals surface area contributed by atoms with Crippen molar-refractivity contribution in [3.05, 3.63) is 130 Å². The molecule has 0 spiro atoms. The van der Waals surface area contributed by atoms with Crippen molar-refractivity contribution in [2.24, 2.45) is 0 Å². The lowest BCUT2D eigenvalue weighted by molar-refractivity contribution is -0.140. The molecule has 236 valence electrons. The highest BCUT2D eigenvalue weighted by Gasteiger charge is 2.35. The molecule has 0 saturated carbocycles. The average molecular weight is 671 g/mol. The molecule has 11 heteroatoms. The number of rotatable bonds is 13. The van der Waals surface area contributed by atoms with Crippen LogP contribution < -0.4 is 9.62 Å². The summed E-state index contributed by atoms with van der Waals surface area (Å²) < 4.78 is 42.8. The molecule has 4 rings (SSSR count). The maximum Gasteiger partial charge on any atom is 0.264 e. The summed E-state index contributed by atoms with van der Waals surface area (Å²) in [6, 6.07) is 25.7. The molecule has 0 aliphatic rings. The number of amides is 2. The molecule has 4 aromatic carbocycles. The first-order valence-corrected chi connectivity index (χ1v) is 16.6. The number of nitrogens with one attached hydrogen (secondary N) is 1. The third kappa shape index (κ3) is 8.63. The number of sulfonamides is 1. The summed E-state index contributed by atoms with van der Waals surface area (Å²) in [5.74, 6) is -1.53. The van der Waals surface area contributed by atoms with Gasteiger partial charge < -0.3 is 10.2 Å². The highest BCUT2D eigenvalue weighted by Crippen LogP contribution is 2.35. The van der Waals surface area contributed by atoms with Crippen molar-refractivity contribution in [3.8, 4) is 0 Å². The number of benzene rings is 4. The van der Waals surface area contributed by atoms with Gasteiger partial charge in [0.05, 0.1) is 20.6 Å². The Morgan fingerprint density at radius 2 is 1.47 bits per heavy atom. The zero-order valence-corrected chi connectivity index (χ0v) is 27.2. The van der Waals surface area contributed by atoms with Gasteiger partial charge in [-0.05, 0) is 60.9 Å². The second kappa shape index (κ2) is 15.4. The van der Waals surface area contributed by atoms with E-state index in [0.29, 0.717) is 12.0 Å². The smallest absolute Gasteiger partial charge is 0.264 e. The van der Waals surface area contributed by atoms with Gasteiger partial charge in [0.1, 0.15) is 18.4 Å². The van der Waals surface area contributed by atoms with Gasteiger partial charge in [-0.25, -0.2) is 12.8 Å². The van der Waals surface area contributed by atoms with E-state index < -0.39 is 40.2 Å². The first-order chi connectivity index (χ1) is 21.5. The van der Waals surface area contributed by atoms with Crippen LogP contribution in [0.15, 0.2) is 108 Å². The molecular formula is C34H34Cl2FN3O4S. The summed E-state index contributed by atoms with van der Waals surface area (Å²) >= 11 is 12.8. The van der Waals surface area contributed by atoms with Gasteiger partial charge in [-0.15, -0.1) is 0 Å². The molecule has 4 aromatic rings. The fourth-order valence-electron chi connectivity index (χ4n) is 4.70. The third-order valence-corrected chi connectivity index (χ3v) is 9.93. The molecule has 0 heterocycles. The second-order valence-electron chi connectivity index (χ2n) is 10.6. The Morgan fingerprint density at radius 3 is 2.09 bits per heavy atom. The minimum Gasteiger partial charge on any atom is -0.352 e. The van der Waals surface area contributed by atoms with Crippen molar-refractivity contribution in [2.75, 3.05) is 10.8 Å². The van der Waals surface area contributed by atoms with Crippen molar-refractivity contribution in [2.45, 2.75) is 50.2 Å². The van der Waals surface area contributed by atoms with Crippen molar-refractivity contribution in [1.29, 1.82) is 0 Å². The summed E-state index contributed by atoms with van der Waals surface area (Å²) in [5, 5.41) is 3.03. The predicted octanol–water partition coefficient (Wildman–Crippen LogP) is 6.88. The van der Waals surface area contributed by atoms with Gasteiger partial charge in [0.2, 0.25) is 11.8 Å². The van der Waals surface area contributed by atoms with Crippen molar-refractivity contribution < 1.29 is 22.4 Å². The molecule has 0 fully saturated rings. The van der Waals surface area contributed by atoms with E-state index in [0.717, 1.165) is 9.87 Å². The number of hydrogen-bond acceptors (Lipinski definition) is 4. The molecule has 2 amide bonds. The molecule has 0 unspecified atom stereocenters. The SMILES string of the molecule is CC[C@@H](C)NC(=O)[C@H](Cc1ccccc1)N(Cc1ccc(F)cc1)C(=O)CN(c1cccc(Cl)c1Cl)S(=O)(=O)c1ccccc1. The summed E-state index contributed by atoms with van der Waals surface area (Å²) in [6.07, 6.45) is 0.811. The van der Waals surface area contributed by atoms with Gasteiger partial charge in [-0.1, -0.05) is 96.9 Å². The van der Waals surface area contributed by atoms with Crippen molar-refractivity contribution in [3.63, 3.8) is 0 Å². The molecule has 0 saturated heterocycles. The number of hydrogen-bond donors (Lipinski definition) is 1. The Labute approximate surface area is 273 Å². The van der Waals surface area contributed by atoms with E-state index in [4.69, 9.17) is 23.2 Å². The van der Waals surface area contributed by atoms with Gasteiger partial charge in [0.25, 0.3) is 10.0 Å². The monoisotopic (exact) mass is 669 g/mol. The van der Waals surface area contributed by atoms with Gasteiger partial charge in [-0.2, -0.15) is 0 Å². The zero-order chi connectivity index (χ0) is 32.6. The van der Waals surface area contributed by atoms with Crippen molar-refractivity contribution >= 4 is 50.7 Å². The van der Waals surface area contributed by atoms with E-state index in [-0.39, 0.29) is 39.6 Å². The molecular weight excluding hydrogens is 636 g/mol. The number of anilines is 1. The standard InChI is InChI=1S/C34H34Cl2FN3O4S/c1-3-24(2)38-34(42)31(21-25-11-6-4-7-12-25)39(22-26-17-19-27(37)20-18-26)32(41)23-40(30-16-10-15-29(35)33(30)36)45(43,44)28-13-8-5-9-14-28/h4-20,24,31H,3,21-23H2,1-2H3,(H,38,42)/t24-,31+/m1/s1. The molecule has 0 bridgehead atoms. The van der Waals surface area contributed by atoms with Crippen LogP contribution in [0, 0.1) is 5.82 Å². The lowest BCUT2D eigenvalue weighted by Gasteiger charge is -2.34. The van der Waals surface area contributed by atoms with Crippen LogP contribution in [-0.4, -0.2) is 43.8 Å². The van der Waals surface area contributed by atoms with E-state index in [2.05, 4.69) is 5.32 Å². The number of carbonyl (C=O) groups excluding carboxylic acids is 2. The maximum absolute atomic E-state index is 14.5. The maximum atomic E-state index is 14.5. The molecule has 0 aliphatic carbocycles. The van der Waals surface area contributed by atoms with E-state index in [1.54, 1.807) is 18.2 Å². The van der Waals surface area contributed by atoms with Crippen LogP contribution in [0.4, 0.5) is 10.1 Å². The van der Waals surface area contributed by atoms with Gasteiger partial charge in [-0.3, -0.25) is 13.9 Å². The van der Waals surface area contributed by atoms with Crippen LogP contribution in [0.25, 0.3) is 0 Å². The van der Waals surface area contributed by atoms with Crippen LogP contribution in [0.2, 0.25) is 10.0 Å². The van der Waals surface area contributed by atoms with Gasteiger partial charge >= 0.3 is 0 Å². The van der Waals surface area contributed by atoms with E-state index >= 15 is 0 Å². The van der Waals surface area contributed by atoms with Crippen LogP contribution >= 0.6 is 23.2 Å². The van der Waals surface area contributed by atoms with Crippen LogP contribution in [0.5, 0.6) is 0 Å². The molecule has 0 aliphatic heterocycles. The van der Waals surface area contributed by atoms with E-state index in [1.165, 1.54) is 59.5 Å². The summed E-state index contributed by atoms with van der Waals surface area (Å²) in [7, 11) is -4.34. The lowest BCUT2D eigenvalue weighted by Crippen LogP contribution is -2.54. The fraction of sp³-hybridized carbons (Fsp3) is 0.235. The molecule has 45 heavy (non-hydrogen) atoms. The zero-order valence-electron chi connectivity index (χ0n) is 24.9. The van der Waals surface area contributed by atoms with Gasteiger partial charge in [0, 0.05) is 19.0 Å². The molecule has 0 radical (unpaired) electrons. The Hall–Kier alpha value is -3.92. The van der Waals surface area contributed by atoms with E-state index in [1.807, 2.05) is 44.2 Å². The van der Waals surface area contributed by atoms with E-state index in [9.17, 15) is 22.4 Å². The molecule has 7 nitrogen and oxygen atoms in total. The molecule has 1 N–H and O–H groups in total. The quantitative estimate of drug-likeness (QED) is 0.168. The number of nitrogens with zero attached hydrogens (tertiary/aromatic N) is 2. The minimum atomic E-state index is -4.34. The topological polar surface area (TPSA) is 86.8 Å². The number of halogens is 3. The normalized spacial score (nSPS) is 12.6. The Balaban J connectivity index is 1.83. The minimum absolute atomic E-state index is 0.00627.